The first-order valence-corrected chi connectivity index (χ1v) is 12.6. The zero-order chi connectivity index (χ0) is 23.1. The van der Waals surface area contributed by atoms with Gasteiger partial charge in [-0.15, -0.1) is 0 Å². The average Bonchev–Trinajstić information content (AvgIpc) is 3.13. The van der Waals surface area contributed by atoms with Crippen molar-refractivity contribution >= 4 is 11.6 Å². The molecule has 6 heteroatoms. The van der Waals surface area contributed by atoms with E-state index in [9.17, 15) is 9.90 Å². The number of pyridine rings is 1. The first-order valence-electron chi connectivity index (χ1n) is 12.6. The summed E-state index contributed by atoms with van der Waals surface area (Å²) in [5.74, 6) is 1.95. The molecule has 0 spiro atoms. The van der Waals surface area contributed by atoms with Crippen molar-refractivity contribution < 1.29 is 14.7 Å². The van der Waals surface area contributed by atoms with Crippen LogP contribution in [0.2, 0.25) is 0 Å². The minimum absolute atomic E-state index is 0.0671. The van der Waals surface area contributed by atoms with E-state index in [0.717, 1.165) is 49.3 Å². The Balaban J connectivity index is 1.19. The van der Waals surface area contributed by atoms with Crippen LogP contribution in [0.15, 0.2) is 41.3 Å². The van der Waals surface area contributed by atoms with Gasteiger partial charge >= 0.3 is 0 Å². The van der Waals surface area contributed by atoms with E-state index in [1.54, 1.807) is 12.4 Å². The second-order valence-electron chi connectivity index (χ2n) is 11.1. The van der Waals surface area contributed by atoms with E-state index in [4.69, 9.17) is 4.84 Å². The van der Waals surface area contributed by atoms with Gasteiger partial charge in [-0.25, -0.2) is 0 Å². The van der Waals surface area contributed by atoms with Gasteiger partial charge in [0, 0.05) is 18.9 Å². The number of nitrogens with one attached hydrogen (secondary N) is 1. The Morgan fingerprint density at radius 1 is 1.15 bits per heavy atom. The molecule has 178 valence electrons. The van der Waals surface area contributed by atoms with Crippen molar-refractivity contribution in [2.45, 2.75) is 77.9 Å². The molecule has 1 heterocycles. The maximum atomic E-state index is 12.1. The SMILES string of the molecule is C[C@]12CC[C@H]3[C@@H](CCC4=CC(=NOCC(=O)NCc5ccncc5)CC[C@@]43C)[C@@H]1CC[C@@H]2O. The van der Waals surface area contributed by atoms with Crippen LogP contribution in [0.3, 0.4) is 0 Å². The lowest BCUT2D eigenvalue weighted by atomic mass is 9.47. The van der Waals surface area contributed by atoms with Crippen molar-refractivity contribution in [1.82, 2.24) is 10.3 Å². The van der Waals surface area contributed by atoms with Gasteiger partial charge in [-0.05, 0) is 104 Å². The van der Waals surface area contributed by atoms with Crippen molar-refractivity contribution in [1.29, 1.82) is 0 Å². The fourth-order valence-corrected chi connectivity index (χ4v) is 7.54. The summed E-state index contributed by atoms with van der Waals surface area (Å²) < 4.78 is 0. The molecule has 0 bridgehead atoms. The molecular formula is C27H37N3O3. The predicted molar refractivity (Wildman–Crippen MR) is 127 cm³/mol. The van der Waals surface area contributed by atoms with Crippen molar-refractivity contribution in [2.24, 2.45) is 33.7 Å². The number of carbonyl (C=O) groups excluding carboxylic acids is 1. The quantitative estimate of drug-likeness (QED) is 0.650. The number of fused-ring (bicyclic) bond motifs is 5. The van der Waals surface area contributed by atoms with Gasteiger partial charge in [0.25, 0.3) is 5.91 Å². The molecule has 5 rings (SSSR count). The Morgan fingerprint density at radius 3 is 2.79 bits per heavy atom. The molecule has 4 aliphatic rings. The lowest BCUT2D eigenvalue weighted by Crippen LogP contribution is -2.51. The number of aromatic nitrogens is 1. The molecule has 6 atom stereocenters. The van der Waals surface area contributed by atoms with Gasteiger partial charge < -0.3 is 15.3 Å². The summed E-state index contributed by atoms with van der Waals surface area (Å²) in [6.07, 6.45) is 14.5. The van der Waals surface area contributed by atoms with Crippen molar-refractivity contribution in [3.05, 3.63) is 41.7 Å². The number of carbonyl (C=O) groups is 1. The largest absolute Gasteiger partial charge is 0.393 e. The van der Waals surface area contributed by atoms with Crippen LogP contribution in [0, 0.1) is 28.6 Å². The van der Waals surface area contributed by atoms with Crippen LogP contribution in [-0.4, -0.2) is 34.4 Å². The average molecular weight is 452 g/mol. The van der Waals surface area contributed by atoms with Gasteiger partial charge in [-0.2, -0.15) is 0 Å². The third-order valence-corrected chi connectivity index (χ3v) is 9.54. The number of hydrogen-bond acceptors (Lipinski definition) is 5. The van der Waals surface area contributed by atoms with Crippen molar-refractivity contribution in [3.8, 4) is 0 Å². The summed E-state index contributed by atoms with van der Waals surface area (Å²) in [7, 11) is 0. The molecule has 0 radical (unpaired) electrons. The van der Waals surface area contributed by atoms with E-state index in [2.05, 4.69) is 35.4 Å². The fourth-order valence-electron chi connectivity index (χ4n) is 7.54. The molecule has 0 unspecified atom stereocenters. The number of hydrogen-bond donors (Lipinski definition) is 2. The van der Waals surface area contributed by atoms with Gasteiger partial charge in [0.05, 0.1) is 11.8 Å². The Morgan fingerprint density at radius 2 is 1.97 bits per heavy atom. The Kier molecular flexibility index (Phi) is 6.06. The number of aliphatic hydroxyl groups is 1. The minimum atomic E-state index is -0.172. The number of allylic oxidation sites excluding steroid dienone is 2. The number of oxime groups is 1. The lowest BCUT2D eigenvalue weighted by Gasteiger charge is -2.57. The summed E-state index contributed by atoms with van der Waals surface area (Å²) in [5, 5.41) is 17.8. The molecule has 1 aromatic rings. The van der Waals surface area contributed by atoms with Crippen LogP contribution in [0.25, 0.3) is 0 Å². The summed E-state index contributed by atoms with van der Waals surface area (Å²) >= 11 is 0. The minimum Gasteiger partial charge on any atom is -0.393 e. The van der Waals surface area contributed by atoms with Crippen LogP contribution in [0.5, 0.6) is 0 Å². The highest BCUT2D eigenvalue weighted by Gasteiger charge is 2.58. The Labute approximate surface area is 196 Å². The summed E-state index contributed by atoms with van der Waals surface area (Å²) in [5.41, 5.74) is 3.85. The maximum Gasteiger partial charge on any atom is 0.261 e. The fraction of sp³-hybridized carbons (Fsp3) is 0.667. The van der Waals surface area contributed by atoms with Gasteiger partial charge in [-0.3, -0.25) is 9.78 Å². The highest BCUT2D eigenvalue weighted by atomic mass is 16.6. The zero-order valence-electron chi connectivity index (χ0n) is 19.9. The van der Waals surface area contributed by atoms with Gasteiger partial charge in [0.1, 0.15) is 0 Å². The maximum absolute atomic E-state index is 12.1. The normalized spacial score (nSPS) is 38.6. The Hall–Kier alpha value is -2.21. The molecular weight excluding hydrogens is 414 g/mol. The topological polar surface area (TPSA) is 83.8 Å². The first-order chi connectivity index (χ1) is 15.9. The molecule has 33 heavy (non-hydrogen) atoms. The number of rotatable bonds is 5. The predicted octanol–water partition coefficient (Wildman–Crippen LogP) is 4.39. The van der Waals surface area contributed by atoms with E-state index < -0.39 is 0 Å². The van der Waals surface area contributed by atoms with Crippen LogP contribution < -0.4 is 5.32 Å². The van der Waals surface area contributed by atoms with Crippen LogP contribution in [-0.2, 0) is 16.2 Å². The summed E-state index contributed by atoms with van der Waals surface area (Å²) in [4.78, 5) is 21.5. The zero-order valence-corrected chi connectivity index (χ0v) is 19.9. The van der Waals surface area contributed by atoms with E-state index in [1.807, 2.05) is 12.1 Å². The van der Waals surface area contributed by atoms with Crippen LogP contribution >= 0.6 is 0 Å². The lowest BCUT2D eigenvalue weighted by molar-refractivity contribution is -0.125. The van der Waals surface area contributed by atoms with E-state index in [1.165, 1.54) is 24.8 Å². The van der Waals surface area contributed by atoms with Crippen molar-refractivity contribution in [2.75, 3.05) is 6.61 Å². The molecule has 3 saturated carbocycles. The molecule has 0 aliphatic heterocycles. The van der Waals surface area contributed by atoms with Gasteiger partial charge in [0.15, 0.2) is 6.61 Å². The molecule has 6 nitrogen and oxygen atoms in total. The number of aliphatic hydroxyl groups excluding tert-OH is 1. The Bertz CT molecular complexity index is 945. The standard InChI is InChI=1S/C27H37N3O3/c1-26-11-7-20(30-33-17-25(32)29-16-18-9-13-28-14-10-18)15-19(26)3-4-21-22-5-6-24(31)27(22,2)12-8-23(21)26/h9-10,13-15,21-24,31H,3-8,11-12,16-17H2,1-2H3,(H,29,32)/t21-,22-,23-,24-,26-,27-/m0/s1. The molecule has 0 saturated heterocycles. The number of amides is 1. The smallest absolute Gasteiger partial charge is 0.261 e. The second kappa shape index (κ2) is 8.86. The monoisotopic (exact) mass is 451 g/mol. The third-order valence-electron chi connectivity index (χ3n) is 9.54. The second-order valence-corrected chi connectivity index (χ2v) is 11.1. The highest BCUT2D eigenvalue weighted by Crippen LogP contribution is 2.65. The molecule has 2 N–H and O–H groups in total. The van der Waals surface area contributed by atoms with Gasteiger partial charge in [-0.1, -0.05) is 24.6 Å². The highest BCUT2D eigenvalue weighted by molar-refractivity contribution is 5.96. The van der Waals surface area contributed by atoms with E-state index in [-0.39, 0.29) is 29.4 Å². The molecule has 4 aliphatic carbocycles. The van der Waals surface area contributed by atoms with Crippen molar-refractivity contribution in [3.63, 3.8) is 0 Å². The first kappa shape index (κ1) is 22.6. The third kappa shape index (κ3) is 4.11. The molecule has 1 aromatic heterocycles. The summed E-state index contributed by atoms with van der Waals surface area (Å²) in [6, 6.07) is 3.76. The van der Waals surface area contributed by atoms with E-state index >= 15 is 0 Å². The molecule has 1 amide bonds. The van der Waals surface area contributed by atoms with Crippen LogP contribution in [0.4, 0.5) is 0 Å². The molecule has 0 aromatic carbocycles. The van der Waals surface area contributed by atoms with Gasteiger partial charge in [0.2, 0.25) is 0 Å². The van der Waals surface area contributed by atoms with E-state index in [0.29, 0.717) is 18.4 Å². The summed E-state index contributed by atoms with van der Waals surface area (Å²) in [6.45, 7) is 5.20. The van der Waals surface area contributed by atoms with Crippen LogP contribution in [0.1, 0.15) is 70.8 Å². The molecule has 3 fully saturated rings. The number of nitrogens with zero attached hydrogens (tertiary/aromatic N) is 2.